The lowest BCUT2D eigenvalue weighted by Crippen LogP contribution is -2.71. The van der Waals surface area contributed by atoms with E-state index in [1.165, 1.54) is 6.92 Å². The molecule has 0 bridgehead atoms. The fraction of sp³-hybridized carbons (Fsp3) is 0.846. The summed E-state index contributed by atoms with van der Waals surface area (Å²) in [4.78, 5) is 23.0. The van der Waals surface area contributed by atoms with Crippen molar-refractivity contribution >= 4 is 20.9 Å². The van der Waals surface area contributed by atoms with E-state index in [0.717, 1.165) is 0 Å². The van der Waals surface area contributed by atoms with Gasteiger partial charge in [0, 0.05) is 6.92 Å². The summed E-state index contributed by atoms with van der Waals surface area (Å²) < 4.78 is 11.3. The van der Waals surface area contributed by atoms with Gasteiger partial charge in [0.2, 0.25) is 5.91 Å². The van der Waals surface area contributed by atoms with Gasteiger partial charge in [-0.1, -0.05) is 20.8 Å². The van der Waals surface area contributed by atoms with Crippen LogP contribution in [0.15, 0.2) is 0 Å². The van der Waals surface area contributed by atoms with Gasteiger partial charge in [-0.3, -0.25) is 9.59 Å². The third kappa shape index (κ3) is 3.17. The second kappa shape index (κ2) is 5.24. The molecule has 1 N–H and O–H groups in total. The Bertz CT molecular complexity index is 377. The molecule has 3 atom stereocenters. The summed E-state index contributed by atoms with van der Waals surface area (Å²) >= 11 is 0. The van der Waals surface area contributed by atoms with Gasteiger partial charge in [-0.15, -0.1) is 0 Å². The van der Waals surface area contributed by atoms with Crippen LogP contribution in [0.5, 0.6) is 0 Å². The molecule has 0 aromatic rings. The number of hydrogen-bond donors (Lipinski definition) is 1. The van der Waals surface area contributed by atoms with Crippen LogP contribution >= 0.6 is 0 Å². The molecule has 0 saturated carbocycles. The van der Waals surface area contributed by atoms with Gasteiger partial charge < -0.3 is 14.5 Å². The Balaban J connectivity index is 3.03. The Hall–Kier alpha value is -0.883. The van der Waals surface area contributed by atoms with E-state index in [-0.39, 0.29) is 11.3 Å². The van der Waals surface area contributed by atoms with Crippen molar-refractivity contribution in [3.63, 3.8) is 0 Å². The van der Waals surface area contributed by atoms with E-state index < -0.39 is 32.8 Å². The van der Waals surface area contributed by atoms with Crippen molar-refractivity contribution in [3.8, 4) is 0 Å². The lowest BCUT2D eigenvalue weighted by molar-refractivity contribution is -0.193. The van der Waals surface area contributed by atoms with Crippen LogP contribution in [0.4, 0.5) is 0 Å². The average molecular weight is 287 g/mol. The first-order valence-electron chi connectivity index (χ1n) is 6.64. The van der Waals surface area contributed by atoms with E-state index in [0.29, 0.717) is 0 Å². The van der Waals surface area contributed by atoms with Crippen molar-refractivity contribution < 1.29 is 18.8 Å². The maximum Gasteiger partial charge on any atom is 0.304 e. The molecule has 110 valence electrons. The molecule has 2 unspecified atom stereocenters. The van der Waals surface area contributed by atoms with Crippen LogP contribution in [0, 0.1) is 11.3 Å². The highest BCUT2D eigenvalue weighted by atomic mass is 28.3. The van der Waals surface area contributed by atoms with E-state index in [1.54, 1.807) is 0 Å². The minimum absolute atomic E-state index is 0.113. The number of nitrogens with one attached hydrogen (secondary N) is 1. The number of carbonyl (C=O) groups is 2. The summed E-state index contributed by atoms with van der Waals surface area (Å²) in [6, 6.07) is 0. The fourth-order valence-electron chi connectivity index (χ4n) is 2.38. The monoisotopic (exact) mass is 287 g/mol. The first kappa shape index (κ1) is 16.2. The van der Waals surface area contributed by atoms with Crippen molar-refractivity contribution in [1.82, 2.24) is 5.32 Å². The maximum atomic E-state index is 11.9. The van der Waals surface area contributed by atoms with E-state index >= 15 is 0 Å². The molecule has 0 aliphatic carbocycles. The largest absolute Gasteiger partial charge is 0.441 e. The first-order valence-corrected chi connectivity index (χ1v) is 9.42. The van der Waals surface area contributed by atoms with Gasteiger partial charge in [-0.2, -0.15) is 0 Å². The number of carbonyl (C=O) groups excluding carboxylic acids is 2. The summed E-state index contributed by atoms with van der Waals surface area (Å²) in [6.07, 6.45) is -0.582. The molecule has 1 aliphatic rings. The van der Waals surface area contributed by atoms with Crippen LogP contribution in [0.25, 0.3) is 0 Å². The molecule has 6 heteroatoms. The predicted molar refractivity (Wildman–Crippen MR) is 75.0 cm³/mol. The summed E-state index contributed by atoms with van der Waals surface area (Å²) in [5.74, 6) is -0.960. The van der Waals surface area contributed by atoms with Crippen LogP contribution in [0.1, 0.15) is 34.6 Å². The van der Waals surface area contributed by atoms with Gasteiger partial charge in [0.15, 0.2) is 15.3 Å². The third-order valence-corrected chi connectivity index (χ3v) is 4.69. The number of amides is 1. The van der Waals surface area contributed by atoms with Crippen molar-refractivity contribution in [3.05, 3.63) is 0 Å². The van der Waals surface area contributed by atoms with Crippen LogP contribution in [0.2, 0.25) is 13.1 Å². The summed E-state index contributed by atoms with van der Waals surface area (Å²) in [5, 5.41) is 2.63. The normalized spacial score (nSPS) is 26.4. The highest BCUT2D eigenvalue weighted by Gasteiger charge is 2.58. The number of rotatable bonds is 4. The van der Waals surface area contributed by atoms with Crippen molar-refractivity contribution in [1.29, 1.82) is 0 Å². The molecule has 1 rings (SSSR count). The Morgan fingerprint density at radius 3 is 2.11 bits per heavy atom. The van der Waals surface area contributed by atoms with Crippen molar-refractivity contribution in [2.75, 3.05) is 0 Å². The van der Waals surface area contributed by atoms with Crippen LogP contribution in [0.3, 0.4) is 0 Å². The van der Waals surface area contributed by atoms with Gasteiger partial charge in [0.05, 0.1) is 5.60 Å². The first-order chi connectivity index (χ1) is 8.49. The van der Waals surface area contributed by atoms with E-state index in [1.807, 2.05) is 27.7 Å². The number of β-lactam (4-membered cyclic amide) rings is 1. The average Bonchev–Trinajstić information content (AvgIpc) is 2.11. The number of ether oxygens (including phenoxy) is 1. The van der Waals surface area contributed by atoms with Crippen molar-refractivity contribution in [2.24, 2.45) is 11.3 Å². The Kier molecular flexibility index (Phi) is 4.46. The maximum absolute atomic E-state index is 11.9. The van der Waals surface area contributed by atoms with Gasteiger partial charge in [-0.25, -0.2) is 0 Å². The standard InChI is InChI=1S/C13H25NO4Si/c1-8(15)17-11-9(10(16)14-11)13(5,12(2,3)4)18-19(6)7/h9,11,19H,1-7H3,(H,14,16)/t9?,11?,13-/m0/s1. The van der Waals surface area contributed by atoms with E-state index in [2.05, 4.69) is 18.4 Å². The minimum Gasteiger partial charge on any atom is -0.441 e. The molecular weight excluding hydrogens is 262 g/mol. The topological polar surface area (TPSA) is 64.6 Å². The van der Waals surface area contributed by atoms with E-state index in [4.69, 9.17) is 9.16 Å². The molecule has 1 fully saturated rings. The molecule has 0 aromatic heterocycles. The van der Waals surface area contributed by atoms with Crippen LogP contribution < -0.4 is 5.32 Å². The molecule has 1 amide bonds. The number of esters is 1. The van der Waals surface area contributed by atoms with Gasteiger partial charge in [-0.05, 0) is 25.4 Å². The molecule has 1 aliphatic heterocycles. The predicted octanol–water partition coefficient (Wildman–Crippen LogP) is 1.43. The summed E-state index contributed by atoms with van der Waals surface area (Å²) in [7, 11) is -1.34. The third-order valence-electron chi connectivity index (χ3n) is 3.73. The van der Waals surface area contributed by atoms with Crippen LogP contribution in [-0.4, -0.2) is 32.7 Å². The quantitative estimate of drug-likeness (QED) is 0.482. The highest BCUT2D eigenvalue weighted by molar-refractivity contribution is 6.48. The molecule has 5 nitrogen and oxygen atoms in total. The smallest absolute Gasteiger partial charge is 0.304 e. The highest BCUT2D eigenvalue weighted by Crippen LogP contribution is 2.44. The minimum atomic E-state index is -1.34. The molecule has 19 heavy (non-hydrogen) atoms. The van der Waals surface area contributed by atoms with E-state index in [9.17, 15) is 9.59 Å². The van der Waals surface area contributed by atoms with Crippen LogP contribution in [-0.2, 0) is 18.8 Å². The zero-order valence-electron chi connectivity index (χ0n) is 12.9. The summed E-state index contributed by atoms with van der Waals surface area (Å²) in [5.41, 5.74) is -0.874. The van der Waals surface area contributed by atoms with Crippen molar-refractivity contribution in [2.45, 2.75) is 59.5 Å². The summed E-state index contributed by atoms with van der Waals surface area (Å²) in [6.45, 7) is 13.6. The number of hydrogen-bond acceptors (Lipinski definition) is 4. The molecular formula is C13H25NO4Si. The Labute approximate surface area is 116 Å². The second-order valence-corrected chi connectivity index (χ2v) is 8.87. The molecule has 1 saturated heterocycles. The molecule has 0 aromatic carbocycles. The SMILES string of the molecule is CC(=O)OC1NC(=O)C1[C@](C)(O[SiH](C)C)C(C)(C)C. The Morgan fingerprint density at radius 1 is 1.26 bits per heavy atom. The van der Waals surface area contributed by atoms with Gasteiger partial charge in [0.25, 0.3) is 0 Å². The molecule has 0 spiro atoms. The lowest BCUT2D eigenvalue weighted by Gasteiger charge is -2.53. The van der Waals surface area contributed by atoms with Gasteiger partial charge in [0.1, 0.15) is 5.92 Å². The zero-order chi connectivity index (χ0) is 15.0. The zero-order valence-corrected chi connectivity index (χ0v) is 14.0. The molecule has 1 heterocycles. The fourth-order valence-corrected chi connectivity index (χ4v) is 3.86. The lowest BCUT2D eigenvalue weighted by atomic mass is 9.67. The Morgan fingerprint density at radius 2 is 1.79 bits per heavy atom. The van der Waals surface area contributed by atoms with Gasteiger partial charge >= 0.3 is 5.97 Å². The molecule has 0 radical (unpaired) electrons. The second-order valence-electron chi connectivity index (χ2n) is 6.54.